The van der Waals surface area contributed by atoms with Gasteiger partial charge < -0.3 is 25.8 Å². The molecule has 0 bridgehead atoms. The predicted molar refractivity (Wildman–Crippen MR) is 155 cm³/mol. The molecule has 0 saturated heterocycles. The van der Waals surface area contributed by atoms with Crippen LogP contribution in [0.5, 0.6) is 0 Å². The zero-order chi connectivity index (χ0) is 29.9. The summed E-state index contributed by atoms with van der Waals surface area (Å²) in [4.78, 5) is 48.2. The normalized spacial score (nSPS) is 12.8. The number of carboxylic acid groups (broad SMARTS) is 1. The van der Waals surface area contributed by atoms with Crippen molar-refractivity contribution < 1.29 is 24.2 Å². The van der Waals surface area contributed by atoms with Gasteiger partial charge in [-0.15, -0.1) is 0 Å². The molecule has 3 rings (SSSR count). The highest BCUT2D eigenvalue weighted by Crippen LogP contribution is 2.19. The SMILES string of the molecule is CC(C)(C)OC(=O)N(CCc1ccc(C(=O)[C@@](N)(CCCNCc2ccccn2)C(=O)O)cc1)Cc1ccccn1. The number of rotatable bonds is 14. The molecule has 0 fully saturated rings. The molecule has 2 heterocycles. The van der Waals surface area contributed by atoms with Crippen molar-refractivity contribution in [3.63, 3.8) is 0 Å². The Labute approximate surface area is 241 Å². The van der Waals surface area contributed by atoms with Gasteiger partial charge in [0.1, 0.15) is 5.60 Å². The molecule has 0 aliphatic carbocycles. The molecule has 0 saturated carbocycles. The summed E-state index contributed by atoms with van der Waals surface area (Å²) in [5.74, 6) is -2.01. The van der Waals surface area contributed by atoms with E-state index in [-0.39, 0.29) is 18.5 Å². The summed E-state index contributed by atoms with van der Waals surface area (Å²) < 4.78 is 5.58. The van der Waals surface area contributed by atoms with Gasteiger partial charge in [-0.3, -0.25) is 14.8 Å². The van der Waals surface area contributed by atoms with Gasteiger partial charge in [-0.05, 0) is 76.4 Å². The van der Waals surface area contributed by atoms with Gasteiger partial charge in [0.15, 0.2) is 11.3 Å². The maximum Gasteiger partial charge on any atom is 0.410 e. The van der Waals surface area contributed by atoms with Gasteiger partial charge in [0, 0.05) is 31.0 Å². The van der Waals surface area contributed by atoms with Crippen LogP contribution in [-0.2, 0) is 29.0 Å². The average Bonchev–Trinajstić information content (AvgIpc) is 2.95. The van der Waals surface area contributed by atoms with Crippen LogP contribution in [-0.4, -0.2) is 62.0 Å². The van der Waals surface area contributed by atoms with Gasteiger partial charge in [-0.25, -0.2) is 9.59 Å². The number of carbonyl (C=O) groups is 3. The maximum atomic E-state index is 13.2. The van der Waals surface area contributed by atoms with Crippen molar-refractivity contribution in [3.8, 4) is 0 Å². The first-order chi connectivity index (χ1) is 19.5. The number of hydrogen-bond donors (Lipinski definition) is 3. The number of ether oxygens (including phenoxy) is 1. The lowest BCUT2D eigenvalue weighted by Crippen LogP contribution is -2.55. The van der Waals surface area contributed by atoms with E-state index in [1.54, 1.807) is 41.6 Å². The Morgan fingerprint density at radius 3 is 2.15 bits per heavy atom. The number of carboxylic acids is 1. The predicted octanol–water partition coefficient (Wildman–Crippen LogP) is 3.99. The van der Waals surface area contributed by atoms with Crippen molar-refractivity contribution in [1.82, 2.24) is 20.2 Å². The Kier molecular flexibility index (Phi) is 11.1. The Hall–Kier alpha value is -4.15. The second kappa shape index (κ2) is 14.5. The van der Waals surface area contributed by atoms with Crippen molar-refractivity contribution in [2.75, 3.05) is 13.1 Å². The molecule has 0 radical (unpaired) electrons. The lowest BCUT2D eigenvalue weighted by Gasteiger charge is -2.27. The summed E-state index contributed by atoms with van der Waals surface area (Å²) in [5.41, 5.74) is 6.16. The zero-order valence-electron chi connectivity index (χ0n) is 23.9. The molecule has 3 aromatic rings. The van der Waals surface area contributed by atoms with Gasteiger partial charge in [-0.1, -0.05) is 36.4 Å². The fourth-order valence-electron chi connectivity index (χ4n) is 4.12. The molecule has 10 heteroatoms. The van der Waals surface area contributed by atoms with E-state index in [0.29, 0.717) is 32.5 Å². The molecule has 41 heavy (non-hydrogen) atoms. The van der Waals surface area contributed by atoms with Gasteiger partial charge >= 0.3 is 12.1 Å². The van der Waals surface area contributed by atoms with E-state index >= 15 is 0 Å². The number of benzene rings is 1. The van der Waals surface area contributed by atoms with Gasteiger partial charge in [0.25, 0.3) is 0 Å². The molecule has 10 nitrogen and oxygen atoms in total. The van der Waals surface area contributed by atoms with E-state index < -0.39 is 29.0 Å². The first-order valence-electron chi connectivity index (χ1n) is 13.6. The molecule has 1 aromatic carbocycles. The number of amides is 1. The zero-order valence-corrected chi connectivity index (χ0v) is 23.9. The highest BCUT2D eigenvalue weighted by molar-refractivity contribution is 6.15. The van der Waals surface area contributed by atoms with E-state index in [2.05, 4.69) is 15.3 Å². The Balaban J connectivity index is 1.59. The number of nitrogens with two attached hydrogens (primary N) is 1. The van der Waals surface area contributed by atoms with E-state index in [4.69, 9.17) is 10.5 Å². The molecular formula is C31H39N5O5. The van der Waals surface area contributed by atoms with Crippen LogP contribution < -0.4 is 11.1 Å². The molecule has 2 aromatic heterocycles. The molecule has 0 spiro atoms. The van der Waals surface area contributed by atoms with Crippen molar-refractivity contribution >= 4 is 17.8 Å². The van der Waals surface area contributed by atoms with E-state index in [1.165, 1.54) is 0 Å². The fraction of sp³-hybridized carbons (Fsp3) is 0.387. The van der Waals surface area contributed by atoms with Crippen LogP contribution in [0.3, 0.4) is 0 Å². The number of Topliss-reactive ketones (excluding diaryl/α,β-unsaturated/α-hetero) is 1. The molecule has 1 atom stereocenters. The van der Waals surface area contributed by atoms with Crippen LogP contribution in [0.2, 0.25) is 0 Å². The number of carbonyl (C=O) groups excluding carboxylic acids is 2. The Morgan fingerprint density at radius 2 is 1.59 bits per heavy atom. The minimum Gasteiger partial charge on any atom is -0.480 e. The largest absolute Gasteiger partial charge is 0.480 e. The van der Waals surface area contributed by atoms with Gasteiger partial charge in [0.2, 0.25) is 0 Å². The third-order valence-corrected chi connectivity index (χ3v) is 6.36. The minimum absolute atomic E-state index is 0.0174. The first-order valence-corrected chi connectivity index (χ1v) is 13.6. The topological polar surface area (TPSA) is 148 Å². The molecule has 4 N–H and O–H groups in total. The van der Waals surface area contributed by atoms with Gasteiger partial charge in [-0.2, -0.15) is 0 Å². The summed E-state index contributed by atoms with van der Waals surface area (Å²) >= 11 is 0. The number of aliphatic carboxylic acids is 1. The van der Waals surface area contributed by atoms with Crippen LogP contribution in [0, 0.1) is 0 Å². The molecule has 1 amide bonds. The summed E-state index contributed by atoms with van der Waals surface area (Å²) in [5, 5.41) is 13.0. The Morgan fingerprint density at radius 1 is 0.951 bits per heavy atom. The average molecular weight is 562 g/mol. The first kappa shape index (κ1) is 31.4. The third kappa shape index (κ3) is 9.77. The third-order valence-electron chi connectivity index (χ3n) is 6.36. The van der Waals surface area contributed by atoms with Crippen LogP contribution in [0.1, 0.15) is 60.9 Å². The number of nitrogens with one attached hydrogen (secondary N) is 1. The number of aromatic nitrogens is 2. The van der Waals surface area contributed by atoms with Crippen LogP contribution in [0.15, 0.2) is 73.1 Å². The summed E-state index contributed by atoms with van der Waals surface area (Å²) in [6.07, 6.45) is 3.81. The lowest BCUT2D eigenvalue weighted by molar-refractivity contribution is -0.141. The highest BCUT2D eigenvalue weighted by atomic mass is 16.6. The maximum absolute atomic E-state index is 13.2. The monoisotopic (exact) mass is 561 g/mol. The van der Waals surface area contributed by atoms with Crippen LogP contribution in [0.4, 0.5) is 4.79 Å². The van der Waals surface area contributed by atoms with Crippen molar-refractivity contribution in [2.45, 2.75) is 64.3 Å². The van der Waals surface area contributed by atoms with E-state index in [9.17, 15) is 19.5 Å². The standard InChI is InChI=1S/C31H39N5O5/c1-30(2,3)41-29(40)36(22-26-10-5-7-19-35-26)20-15-23-11-13-24(14-12-23)27(37)31(32,28(38)39)16-8-17-33-21-25-9-4-6-18-34-25/h4-7,9-14,18-19,33H,8,15-17,20-22,32H2,1-3H3,(H,38,39)/t31-/m0/s1. The highest BCUT2D eigenvalue weighted by Gasteiger charge is 2.42. The number of ketones is 1. The number of nitrogens with zero attached hydrogens (tertiary/aromatic N) is 3. The van der Waals surface area contributed by atoms with Crippen molar-refractivity contribution in [2.24, 2.45) is 5.73 Å². The second-order valence-electron chi connectivity index (χ2n) is 10.9. The summed E-state index contributed by atoms with van der Waals surface area (Å²) in [6, 6.07) is 17.8. The molecule has 0 aliphatic heterocycles. The number of hydrogen-bond acceptors (Lipinski definition) is 8. The van der Waals surface area contributed by atoms with Crippen molar-refractivity contribution in [3.05, 3.63) is 95.6 Å². The van der Waals surface area contributed by atoms with E-state index in [0.717, 1.165) is 17.0 Å². The summed E-state index contributed by atoms with van der Waals surface area (Å²) in [6.45, 7) is 7.11. The number of pyridine rings is 2. The second-order valence-corrected chi connectivity index (χ2v) is 10.9. The fourth-order valence-corrected chi connectivity index (χ4v) is 4.12. The lowest BCUT2D eigenvalue weighted by atomic mass is 9.85. The molecule has 218 valence electrons. The summed E-state index contributed by atoms with van der Waals surface area (Å²) in [7, 11) is 0. The molecule has 0 unspecified atom stereocenters. The molecular weight excluding hydrogens is 522 g/mol. The minimum atomic E-state index is -2.04. The Bertz CT molecular complexity index is 1280. The van der Waals surface area contributed by atoms with Gasteiger partial charge in [0.05, 0.1) is 17.9 Å². The van der Waals surface area contributed by atoms with E-state index in [1.807, 2.05) is 57.2 Å². The van der Waals surface area contributed by atoms with Crippen LogP contribution >= 0.6 is 0 Å². The van der Waals surface area contributed by atoms with Crippen LogP contribution in [0.25, 0.3) is 0 Å². The quantitative estimate of drug-likeness (QED) is 0.151. The molecule has 0 aliphatic rings. The smallest absolute Gasteiger partial charge is 0.410 e. The van der Waals surface area contributed by atoms with Crippen molar-refractivity contribution in [1.29, 1.82) is 0 Å².